The first kappa shape index (κ1) is 13.1. The smallest absolute Gasteiger partial charge is 0.238 e. The SMILES string of the molecule is CC(C)(C)NCC(=O)Nc1cccnc1Br. The standard InChI is InChI=1S/C11H16BrN3O/c1-11(2,3)14-7-9(16)15-8-5-4-6-13-10(8)12/h4-6,14H,7H2,1-3H3,(H,15,16). The molecule has 4 nitrogen and oxygen atoms in total. The second-order valence-corrected chi connectivity index (χ2v) is 5.24. The van der Waals surface area contributed by atoms with Gasteiger partial charge in [0.25, 0.3) is 0 Å². The van der Waals surface area contributed by atoms with E-state index in [2.05, 4.69) is 31.5 Å². The van der Waals surface area contributed by atoms with E-state index in [9.17, 15) is 4.79 Å². The maximum Gasteiger partial charge on any atom is 0.238 e. The second-order valence-electron chi connectivity index (χ2n) is 4.49. The molecule has 16 heavy (non-hydrogen) atoms. The van der Waals surface area contributed by atoms with Crippen LogP contribution in [-0.4, -0.2) is 23.0 Å². The van der Waals surface area contributed by atoms with E-state index in [4.69, 9.17) is 0 Å². The van der Waals surface area contributed by atoms with E-state index >= 15 is 0 Å². The summed E-state index contributed by atoms with van der Waals surface area (Å²) >= 11 is 3.27. The van der Waals surface area contributed by atoms with E-state index in [1.54, 1.807) is 18.3 Å². The quantitative estimate of drug-likeness (QED) is 0.837. The zero-order valence-electron chi connectivity index (χ0n) is 9.67. The Morgan fingerprint density at radius 2 is 2.19 bits per heavy atom. The van der Waals surface area contributed by atoms with E-state index in [-0.39, 0.29) is 18.0 Å². The van der Waals surface area contributed by atoms with Crippen LogP contribution in [0.25, 0.3) is 0 Å². The number of aromatic nitrogens is 1. The molecule has 1 aromatic heterocycles. The van der Waals surface area contributed by atoms with Crippen molar-refractivity contribution in [3.8, 4) is 0 Å². The van der Waals surface area contributed by atoms with Gasteiger partial charge in [-0.3, -0.25) is 4.79 Å². The van der Waals surface area contributed by atoms with E-state index in [0.717, 1.165) is 0 Å². The summed E-state index contributed by atoms with van der Waals surface area (Å²) < 4.78 is 0.638. The van der Waals surface area contributed by atoms with Crippen LogP contribution >= 0.6 is 15.9 Å². The number of nitrogens with one attached hydrogen (secondary N) is 2. The third-order valence-corrected chi connectivity index (χ3v) is 2.44. The van der Waals surface area contributed by atoms with Gasteiger partial charge in [-0.15, -0.1) is 0 Å². The molecule has 0 atom stereocenters. The highest BCUT2D eigenvalue weighted by molar-refractivity contribution is 9.10. The van der Waals surface area contributed by atoms with E-state index in [1.165, 1.54) is 0 Å². The van der Waals surface area contributed by atoms with Crippen LogP contribution in [0.5, 0.6) is 0 Å². The van der Waals surface area contributed by atoms with Crippen molar-refractivity contribution >= 4 is 27.5 Å². The first-order valence-corrected chi connectivity index (χ1v) is 5.83. The predicted molar refractivity (Wildman–Crippen MR) is 68.3 cm³/mol. The molecule has 0 unspecified atom stereocenters. The Labute approximate surface area is 104 Å². The molecule has 0 spiro atoms. The van der Waals surface area contributed by atoms with Crippen molar-refractivity contribution < 1.29 is 4.79 Å². The van der Waals surface area contributed by atoms with Gasteiger partial charge in [0.2, 0.25) is 5.91 Å². The lowest BCUT2D eigenvalue weighted by molar-refractivity contribution is -0.115. The molecular weight excluding hydrogens is 270 g/mol. The van der Waals surface area contributed by atoms with Crippen LogP contribution in [0.2, 0.25) is 0 Å². The summed E-state index contributed by atoms with van der Waals surface area (Å²) in [6.45, 7) is 6.33. The van der Waals surface area contributed by atoms with Crippen molar-refractivity contribution in [2.75, 3.05) is 11.9 Å². The lowest BCUT2D eigenvalue weighted by Crippen LogP contribution is -2.41. The topological polar surface area (TPSA) is 54.0 Å². The Bertz CT molecular complexity index is 374. The fourth-order valence-corrected chi connectivity index (χ4v) is 1.37. The van der Waals surface area contributed by atoms with Crippen molar-refractivity contribution in [3.05, 3.63) is 22.9 Å². The molecule has 2 N–H and O–H groups in total. The fourth-order valence-electron chi connectivity index (χ4n) is 1.02. The van der Waals surface area contributed by atoms with E-state index < -0.39 is 0 Å². The molecule has 1 rings (SSSR count). The van der Waals surface area contributed by atoms with Gasteiger partial charge in [0.05, 0.1) is 12.2 Å². The molecule has 0 bridgehead atoms. The van der Waals surface area contributed by atoms with Crippen molar-refractivity contribution in [2.45, 2.75) is 26.3 Å². The van der Waals surface area contributed by atoms with Crippen LogP contribution in [0.4, 0.5) is 5.69 Å². The normalized spacial score (nSPS) is 11.2. The number of pyridine rings is 1. The molecule has 0 aromatic carbocycles. The summed E-state index contributed by atoms with van der Waals surface area (Å²) in [5, 5.41) is 5.89. The van der Waals surface area contributed by atoms with Crippen LogP contribution in [0, 0.1) is 0 Å². The number of rotatable bonds is 3. The van der Waals surface area contributed by atoms with Gasteiger partial charge in [0.1, 0.15) is 4.60 Å². The molecule has 0 fully saturated rings. The van der Waals surface area contributed by atoms with Crippen LogP contribution in [0.15, 0.2) is 22.9 Å². The zero-order chi connectivity index (χ0) is 12.2. The third-order valence-electron chi connectivity index (χ3n) is 1.81. The number of halogens is 1. The maximum atomic E-state index is 11.6. The second kappa shape index (κ2) is 5.41. The summed E-state index contributed by atoms with van der Waals surface area (Å²) in [4.78, 5) is 15.6. The first-order chi connectivity index (χ1) is 7.38. The molecule has 0 saturated carbocycles. The van der Waals surface area contributed by atoms with Crippen LogP contribution in [0.3, 0.4) is 0 Å². The number of carbonyl (C=O) groups excluding carboxylic acids is 1. The van der Waals surface area contributed by atoms with Crippen molar-refractivity contribution in [3.63, 3.8) is 0 Å². The Morgan fingerprint density at radius 3 is 2.75 bits per heavy atom. The molecule has 0 aliphatic carbocycles. The van der Waals surface area contributed by atoms with Gasteiger partial charge in [0, 0.05) is 11.7 Å². The zero-order valence-corrected chi connectivity index (χ0v) is 11.3. The molecule has 0 aliphatic heterocycles. The molecule has 5 heteroatoms. The Hall–Kier alpha value is -0.940. The molecule has 0 saturated heterocycles. The van der Waals surface area contributed by atoms with Gasteiger partial charge in [-0.1, -0.05) is 0 Å². The van der Waals surface area contributed by atoms with Gasteiger partial charge in [-0.05, 0) is 48.8 Å². The number of carbonyl (C=O) groups is 1. The van der Waals surface area contributed by atoms with Crippen LogP contribution in [-0.2, 0) is 4.79 Å². The number of hydrogen-bond donors (Lipinski definition) is 2. The minimum atomic E-state index is -0.0800. The van der Waals surface area contributed by atoms with Crippen molar-refractivity contribution in [2.24, 2.45) is 0 Å². The van der Waals surface area contributed by atoms with Gasteiger partial charge in [-0.2, -0.15) is 0 Å². The highest BCUT2D eigenvalue weighted by atomic mass is 79.9. The largest absolute Gasteiger partial charge is 0.323 e. The average molecular weight is 286 g/mol. The van der Waals surface area contributed by atoms with Crippen molar-refractivity contribution in [1.82, 2.24) is 10.3 Å². The summed E-state index contributed by atoms with van der Waals surface area (Å²) in [5.41, 5.74) is 0.618. The molecular formula is C11H16BrN3O. The molecule has 1 aromatic rings. The van der Waals surface area contributed by atoms with Crippen LogP contribution < -0.4 is 10.6 Å². The van der Waals surface area contributed by atoms with Gasteiger partial charge in [-0.25, -0.2) is 4.98 Å². The van der Waals surface area contributed by atoms with Crippen molar-refractivity contribution in [1.29, 1.82) is 0 Å². The summed E-state index contributed by atoms with van der Waals surface area (Å²) in [6, 6.07) is 3.57. The van der Waals surface area contributed by atoms with Gasteiger partial charge in [0.15, 0.2) is 0 Å². The molecule has 1 heterocycles. The Kier molecular flexibility index (Phi) is 4.44. The fraction of sp³-hybridized carbons (Fsp3) is 0.455. The number of nitrogens with zero attached hydrogens (tertiary/aromatic N) is 1. The maximum absolute atomic E-state index is 11.6. The number of hydrogen-bond acceptors (Lipinski definition) is 3. The lowest BCUT2D eigenvalue weighted by atomic mass is 10.1. The minimum absolute atomic E-state index is 0.0660. The average Bonchev–Trinajstić information content (AvgIpc) is 2.18. The minimum Gasteiger partial charge on any atom is -0.323 e. The van der Waals surface area contributed by atoms with Gasteiger partial charge >= 0.3 is 0 Å². The molecule has 0 radical (unpaired) electrons. The number of amides is 1. The monoisotopic (exact) mass is 285 g/mol. The summed E-state index contributed by atoms with van der Waals surface area (Å²) in [6.07, 6.45) is 1.66. The molecule has 0 aliphatic rings. The first-order valence-electron chi connectivity index (χ1n) is 5.04. The van der Waals surface area contributed by atoms with E-state index in [0.29, 0.717) is 10.3 Å². The van der Waals surface area contributed by atoms with E-state index in [1.807, 2.05) is 20.8 Å². The predicted octanol–water partition coefficient (Wildman–Crippen LogP) is 2.17. The third kappa shape index (κ3) is 4.72. The highest BCUT2D eigenvalue weighted by Crippen LogP contribution is 2.17. The Balaban J connectivity index is 2.50. The Morgan fingerprint density at radius 1 is 1.50 bits per heavy atom. The molecule has 1 amide bonds. The van der Waals surface area contributed by atoms with Crippen LogP contribution in [0.1, 0.15) is 20.8 Å². The number of anilines is 1. The highest BCUT2D eigenvalue weighted by Gasteiger charge is 2.12. The summed E-state index contributed by atoms with van der Waals surface area (Å²) in [5.74, 6) is -0.0800. The van der Waals surface area contributed by atoms with Gasteiger partial charge < -0.3 is 10.6 Å². The lowest BCUT2D eigenvalue weighted by Gasteiger charge is -2.20. The molecule has 88 valence electrons. The summed E-state index contributed by atoms with van der Waals surface area (Å²) in [7, 11) is 0.